The van der Waals surface area contributed by atoms with E-state index in [1.807, 2.05) is 37.3 Å². The Bertz CT molecular complexity index is 873. The highest BCUT2D eigenvalue weighted by Crippen LogP contribution is 2.20. The van der Waals surface area contributed by atoms with Crippen LogP contribution >= 0.6 is 23.2 Å². The summed E-state index contributed by atoms with van der Waals surface area (Å²) in [5.41, 5.74) is 1.94. The van der Waals surface area contributed by atoms with Gasteiger partial charge in [0.25, 0.3) is 0 Å². The van der Waals surface area contributed by atoms with Crippen LogP contribution in [0.2, 0.25) is 10.0 Å². The predicted molar refractivity (Wildman–Crippen MR) is 98.0 cm³/mol. The topological polar surface area (TPSA) is 64.7 Å². The first-order valence-corrected chi connectivity index (χ1v) is 8.53. The lowest BCUT2D eigenvalue weighted by Crippen LogP contribution is -2.16. The highest BCUT2D eigenvalue weighted by molar-refractivity contribution is 6.33. The molecule has 0 saturated carbocycles. The van der Waals surface area contributed by atoms with Crippen LogP contribution in [-0.4, -0.2) is 25.5 Å². The lowest BCUT2D eigenvalue weighted by molar-refractivity contribution is -0.116. The van der Waals surface area contributed by atoms with Crippen molar-refractivity contribution in [1.82, 2.24) is 19.6 Å². The number of nitrogens with one attached hydrogen (secondary N) is 1. The zero-order valence-corrected chi connectivity index (χ0v) is 15.1. The molecule has 0 radical (unpaired) electrons. The first-order valence-electron chi connectivity index (χ1n) is 7.77. The van der Waals surface area contributed by atoms with Crippen LogP contribution in [0.3, 0.4) is 0 Å². The van der Waals surface area contributed by atoms with Gasteiger partial charge < -0.3 is 5.32 Å². The number of aryl methyl sites for hydroxylation is 1. The Labute approximate surface area is 155 Å². The van der Waals surface area contributed by atoms with Crippen LogP contribution in [0.15, 0.2) is 42.7 Å². The summed E-state index contributed by atoms with van der Waals surface area (Å²) in [6.45, 7) is 2.88. The Balaban J connectivity index is 1.59. The van der Waals surface area contributed by atoms with Crippen molar-refractivity contribution < 1.29 is 4.79 Å². The van der Waals surface area contributed by atoms with Gasteiger partial charge in [0.15, 0.2) is 5.82 Å². The van der Waals surface area contributed by atoms with E-state index in [0.717, 1.165) is 11.3 Å². The molecule has 0 saturated heterocycles. The van der Waals surface area contributed by atoms with E-state index >= 15 is 0 Å². The van der Waals surface area contributed by atoms with Crippen molar-refractivity contribution in [2.24, 2.45) is 0 Å². The van der Waals surface area contributed by atoms with Gasteiger partial charge in [-0.2, -0.15) is 10.2 Å². The number of carbonyl (C=O) groups is 1. The number of hydrogen-bond donors (Lipinski definition) is 1. The fourth-order valence-corrected chi connectivity index (χ4v) is 2.72. The molecule has 8 heteroatoms. The van der Waals surface area contributed by atoms with Crippen molar-refractivity contribution in [3.05, 3.63) is 64.0 Å². The molecule has 1 amide bonds. The standard InChI is InChI=1S/C17H17Cl2N5O/c1-12-14(18)9-20-24(12)8-7-16(25)21-17-15(19)11-23(22-17)10-13-5-3-2-4-6-13/h2-6,9,11H,7-8,10H2,1H3,(H,21,22,25). The van der Waals surface area contributed by atoms with Gasteiger partial charge in [-0.25, -0.2) is 0 Å². The molecule has 3 aromatic rings. The number of anilines is 1. The summed E-state index contributed by atoms with van der Waals surface area (Å²) >= 11 is 12.1. The largest absolute Gasteiger partial charge is 0.308 e. The first kappa shape index (κ1) is 17.5. The fraction of sp³-hybridized carbons (Fsp3) is 0.235. The van der Waals surface area contributed by atoms with Crippen molar-refractivity contribution in [2.75, 3.05) is 5.32 Å². The highest BCUT2D eigenvalue weighted by atomic mass is 35.5. The molecule has 0 spiro atoms. The molecule has 0 fully saturated rings. The van der Waals surface area contributed by atoms with Gasteiger partial charge in [-0.3, -0.25) is 14.2 Å². The molecule has 3 rings (SSSR count). The third-order valence-corrected chi connectivity index (χ3v) is 4.40. The summed E-state index contributed by atoms with van der Waals surface area (Å²) in [5, 5.41) is 12.2. The maximum Gasteiger partial charge on any atom is 0.227 e. The van der Waals surface area contributed by atoms with E-state index in [-0.39, 0.29) is 12.3 Å². The fourth-order valence-electron chi connectivity index (χ4n) is 2.38. The molecule has 2 aromatic heterocycles. The number of rotatable bonds is 6. The number of benzene rings is 1. The number of halogens is 2. The van der Waals surface area contributed by atoms with Crippen molar-refractivity contribution >= 4 is 34.9 Å². The summed E-state index contributed by atoms with van der Waals surface area (Å²) in [6, 6.07) is 9.90. The zero-order valence-electron chi connectivity index (χ0n) is 13.6. The lowest BCUT2D eigenvalue weighted by atomic mass is 10.2. The normalized spacial score (nSPS) is 10.8. The summed E-state index contributed by atoms with van der Waals surface area (Å²) in [7, 11) is 0. The van der Waals surface area contributed by atoms with Crippen LogP contribution in [0.1, 0.15) is 17.7 Å². The minimum atomic E-state index is -0.183. The van der Waals surface area contributed by atoms with E-state index in [0.29, 0.717) is 29.0 Å². The Morgan fingerprint density at radius 2 is 1.96 bits per heavy atom. The molecule has 1 aromatic carbocycles. The number of amides is 1. The monoisotopic (exact) mass is 377 g/mol. The van der Waals surface area contributed by atoms with E-state index in [4.69, 9.17) is 23.2 Å². The van der Waals surface area contributed by atoms with Gasteiger partial charge in [0.1, 0.15) is 5.02 Å². The second-order valence-electron chi connectivity index (χ2n) is 5.61. The van der Waals surface area contributed by atoms with Crippen molar-refractivity contribution in [1.29, 1.82) is 0 Å². The van der Waals surface area contributed by atoms with Crippen LogP contribution in [-0.2, 0) is 17.9 Å². The number of aromatic nitrogens is 4. The van der Waals surface area contributed by atoms with Gasteiger partial charge in [-0.15, -0.1) is 0 Å². The minimum Gasteiger partial charge on any atom is -0.308 e. The van der Waals surface area contributed by atoms with Gasteiger partial charge in [-0.1, -0.05) is 53.5 Å². The quantitative estimate of drug-likeness (QED) is 0.710. The molecule has 0 aliphatic rings. The van der Waals surface area contributed by atoms with E-state index in [1.54, 1.807) is 21.8 Å². The average Bonchev–Trinajstić information content (AvgIpc) is 3.09. The molecule has 0 bridgehead atoms. The second-order valence-corrected chi connectivity index (χ2v) is 6.42. The third kappa shape index (κ3) is 4.41. The first-order chi connectivity index (χ1) is 12.0. The van der Waals surface area contributed by atoms with Crippen LogP contribution < -0.4 is 5.32 Å². The van der Waals surface area contributed by atoms with Gasteiger partial charge in [0.05, 0.1) is 30.0 Å². The minimum absolute atomic E-state index is 0.183. The predicted octanol–water partition coefficient (Wildman–Crippen LogP) is 3.77. The number of carbonyl (C=O) groups excluding carboxylic acids is 1. The summed E-state index contributed by atoms with van der Waals surface area (Å²) < 4.78 is 3.39. The van der Waals surface area contributed by atoms with Crippen molar-refractivity contribution in [3.8, 4) is 0 Å². The van der Waals surface area contributed by atoms with Crippen LogP contribution in [0.4, 0.5) is 5.82 Å². The second kappa shape index (κ2) is 7.72. The van der Waals surface area contributed by atoms with Gasteiger partial charge >= 0.3 is 0 Å². The number of hydrogen-bond acceptors (Lipinski definition) is 3. The molecule has 0 aliphatic heterocycles. The Hall–Kier alpha value is -2.31. The van der Waals surface area contributed by atoms with Crippen LogP contribution in [0, 0.1) is 6.92 Å². The van der Waals surface area contributed by atoms with Crippen molar-refractivity contribution in [3.63, 3.8) is 0 Å². The molecule has 1 N–H and O–H groups in total. The molecule has 6 nitrogen and oxygen atoms in total. The number of nitrogens with zero attached hydrogens (tertiary/aromatic N) is 4. The highest BCUT2D eigenvalue weighted by Gasteiger charge is 2.12. The maximum atomic E-state index is 12.1. The van der Waals surface area contributed by atoms with Gasteiger partial charge in [-0.05, 0) is 12.5 Å². The van der Waals surface area contributed by atoms with E-state index in [1.165, 1.54) is 0 Å². The van der Waals surface area contributed by atoms with Crippen LogP contribution in [0.5, 0.6) is 0 Å². The smallest absolute Gasteiger partial charge is 0.227 e. The third-order valence-electron chi connectivity index (χ3n) is 3.76. The van der Waals surface area contributed by atoms with E-state index in [2.05, 4.69) is 15.5 Å². The average molecular weight is 378 g/mol. The van der Waals surface area contributed by atoms with Crippen molar-refractivity contribution in [2.45, 2.75) is 26.4 Å². The SMILES string of the molecule is Cc1c(Cl)cnn1CCC(=O)Nc1nn(Cc2ccccc2)cc1Cl. The molecule has 2 heterocycles. The van der Waals surface area contributed by atoms with Gasteiger partial charge in [0.2, 0.25) is 5.91 Å². The van der Waals surface area contributed by atoms with Crippen LogP contribution in [0.25, 0.3) is 0 Å². The Morgan fingerprint density at radius 3 is 2.64 bits per heavy atom. The molecule has 130 valence electrons. The Kier molecular flexibility index (Phi) is 5.40. The van der Waals surface area contributed by atoms with Gasteiger partial charge in [0, 0.05) is 12.6 Å². The summed E-state index contributed by atoms with van der Waals surface area (Å²) in [6.07, 6.45) is 3.51. The maximum absolute atomic E-state index is 12.1. The molecule has 0 unspecified atom stereocenters. The molecule has 0 atom stereocenters. The lowest BCUT2D eigenvalue weighted by Gasteiger charge is -2.05. The van der Waals surface area contributed by atoms with E-state index in [9.17, 15) is 4.79 Å². The molecule has 0 aliphatic carbocycles. The van der Waals surface area contributed by atoms with E-state index < -0.39 is 0 Å². The zero-order chi connectivity index (χ0) is 17.8. The summed E-state index contributed by atoms with van der Waals surface area (Å²) in [5.74, 6) is 0.177. The molecule has 25 heavy (non-hydrogen) atoms. The Morgan fingerprint density at radius 1 is 1.20 bits per heavy atom. The molecular weight excluding hydrogens is 361 g/mol. The summed E-state index contributed by atoms with van der Waals surface area (Å²) in [4.78, 5) is 12.1. The molecular formula is C17H17Cl2N5O.